The second-order valence-electron chi connectivity index (χ2n) is 11.1. The molecular weight excluding hydrogens is 436 g/mol. The molecule has 3 aromatic carbocycles. The van der Waals surface area contributed by atoms with E-state index in [1.807, 2.05) is 113 Å². The highest BCUT2D eigenvalue weighted by molar-refractivity contribution is 5.97. The number of phenolic OH excluding ortho intramolecular Hbond substituents is 1. The van der Waals surface area contributed by atoms with Crippen LogP contribution in [0.4, 0.5) is 10.5 Å². The normalized spacial score (nSPS) is 12.2. The van der Waals surface area contributed by atoms with Gasteiger partial charge in [-0.1, -0.05) is 84.0 Å². The Bertz CT molecular complexity index is 1410. The molecule has 1 heterocycles. The van der Waals surface area contributed by atoms with Crippen molar-refractivity contribution < 1.29 is 9.90 Å². The first kappa shape index (κ1) is 24.3. The van der Waals surface area contributed by atoms with E-state index in [0.29, 0.717) is 17.7 Å². The molecule has 0 bridgehead atoms. The number of nitrogens with one attached hydrogen (secondary N) is 2. The van der Waals surface area contributed by atoms with Gasteiger partial charge in [0.05, 0.1) is 17.6 Å². The fraction of sp³-hybridized carbons (Fsp3) is 0.310. The number of benzene rings is 3. The predicted molar refractivity (Wildman–Crippen MR) is 141 cm³/mol. The molecule has 6 nitrogen and oxygen atoms in total. The van der Waals surface area contributed by atoms with Crippen molar-refractivity contribution in [1.82, 2.24) is 9.13 Å². The largest absolute Gasteiger partial charge is 0.507 e. The number of nitrogens with zero attached hydrogens (tertiary/aromatic N) is 2. The van der Waals surface area contributed by atoms with E-state index < -0.39 is 6.03 Å². The molecule has 0 aliphatic rings. The fourth-order valence-electron chi connectivity index (χ4n) is 4.39. The SMILES string of the molecule is CC(C)(C)c1cc(NC(=O)n2c(=N)n(Cc3ccccc3)c3ccccc32)cc(C(C)(C)C)c1O. The van der Waals surface area contributed by atoms with Crippen LogP contribution in [-0.4, -0.2) is 20.3 Å². The van der Waals surface area contributed by atoms with Crippen LogP contribution in [0.3, 0.4) is 0 Å². The minimum absolute atomic E-state index is 0.0958. The Morgan fingerprint density at radius 1 is 0.857 bits per heavy atom. The van der Waals surface area contributed by atoms with Gasteiger partial charge in [0.15, 0.2) is 0 Å². The van der Waals surface area contributed by atoms with Crippen molar-refractivity contribution in [2.75, 3.05) is 5.32 Å². The van der Waals surface area contributed by atoms with Gasteiger partial charge in [-0.25, -0.2) is 9.36 Å². The molecule has 4 rings (SSSR count). The van der Waals surface area contributed by atoms with Crippen molar-refractivity contribution in [1.29, 1.82) is 5.41 Å². The molecule has 0 radical (unpaired) electrons. The van der Waals surface area contributed by atoms with Crippen LogP contribution in [0, 0.1) is 5.41 Å². The molecule has 0 fully saturated rings. The van der Waals surface area contributed by atoms with Gasteiger partial charge in [0, 0.05) is 16.8 Å². The molecule has 1 amide bonds. The zero-order valence-electron chi connectivity index (χ0n) is 21.3. The van der Waals surface area contributed by atoms with Crippen molar-refractivity contribution in [2.24, 2.45) is 0 Å². The average Bonchev–Trinajstić information content (AvgIpc) is 3.05. The molecule has 35 heavy (non-hydrogen) atoms. The van der Waals surface area contributed by atoms with Gasteiger partial charge in [-0.3, -0.25) is 5.41 Å². The third-order valence-electron chi connectivity index (χ3n) is 6.24. The third kappa shape index (κ3) is 4.74. The van der Waals surface area contributed by atoms with Crippen molar-refractivity contribution >= 4 is 22.8 Å². The monoisotopic (exact) mass is 470 g/mol. The summed E-state index contributed by atoms with van der Waals surface area (Å²) in [4.78, 5) is 13.6. The lowest BCUT2D eigenvalue weighted by molar-refractivity contribution is 0.253. The number of aromatic hydroxyl groups is 1. The minimum atomic E-state index is -0.414. The first-order chi connectivity index (χ1) is 16.4. The number of hydrogen-bond acceptors (Lipinski definition) is 3. The molecule has 182 valence electrons. The zero-order chi connectivity index (χ0) is 25.5. The minimum Gasteiger partial charge on any atom is -0.507 e. The summed E-state index contributed by atoms with van der Waals surface area (Å²) in [5, 5.41) is 22.9. The zero-order valence-corrected chi connectivity index (χ0v) is 21.3. The van der Waals surface area contributed by atoms with Gasteiger partial charge >= 0.3 is 6.03 Å². The predicted octanol–water partition coefficient (Wildman–Crippen LogP) is 6.35. The smallest absolute Gasteiger partial charge is 0.333 e. The molecule has 0 spiro atoms. The lowest BCUT2D eigenvalue weighted by Crippen LogP contribution is -2.33. The number of fused-ring (bicyclic) bond motifs is 1. The van der Waals surface area contributed by atoms with Crippen molar-refractivity contribution in [3.63, 3.8) is 0 Å². The molecule has 0 saturated heterocycles. The summed E-state index contributed by atoms with van der Waals surface area (Å²) < 4.78 is 3.24. The number of carbonyl (C=O) groups is 1. The Labute approximate surface area is 206 Å². The van der Waals surface area contributed by atoms with E-state index in [1.54, 1.807) is 0 Å². The summed E-state index contributed by atoms with van der Waals surface area (Å²) in [6.45, 7) is 12.7. The Morgan fingerprint density at radius 3 is 1.91 bits per heavy atom. The van der Waals surface area contributed by atoms with Gasteiger partial charge in [0.1, 0.15) is 5.75 Å². The molecule has 3 N–H and O–H groups in total. The van der Waals surface area contributed by atoms with Crippen LogP contribution in [0.25, 0.3) is 11.0 Å². The van der Waals surface area contributed by atoms with E-state index >= 15 is 0 Å². The number of rotatable bonds is 3. The van der Waals surface area contributed by atoms with Gasteiger partial charge in [0.25, 0.3) is 0 Å². The van der Waals surface area contributed by atoms with Crippen LogP contribution in [0.1, 0.15) is 58.2 Å². The maximum atomic E-state index is 13.6. The Hall–Kier alpha value is -3.80. The molecule has 0 aliphatic carbocycles. The number of para-hydroxylation sites is 2. The molecule has 0 unspecified atom stereocenters. The van der Waals surface area contributed by atoms with Crippen LogP contribution in [0.5, 0.6) is 5.75 Å². The molecular formula is C29H34N4O2. The van der Waals surface area contributed by atoms with Crippen LogP contribution in [-0.2, 0) is 17.4 Å². The Kier molecular flexibility index (Phi) is 6.09. The third-order valence-corrected chi connectivity index (χ3v) is 6.24. The quantitative estimate of drug-likeness (QED) is 0.305. The Morgan fingerprint density at radius 2 is 1.37 bits per heavy atom. The summed E-state index contributed by atoms with van der Waals surface area (Å²) in [5.41, 5.74) is 4.12. The summed E-state index contributed by atoms with van der Waals surface area (Å²) in [6.07, 6.45) is 0. The fourth-order valence-corrected chi connectivity index (χ4v) is 4.39. The van der Waals surface area contributed by atoms with Crippen molar-refractivity contribution in [3.05, 3.63) is 89.0 Å². The molecule has 0 atom stereocenters. The van der Waals surface area contributed by atoms with Gasteiger partial charge in [0.2, 0.25) is 5.62 Å². The lowest BCUT2D eigenvalue weighted by Gasteiger charge is -2.28. The standard InChI is InChI=1S/C29H34N4O2/c1-28(2,3)21-16-20(17-22(25(21)34)29(4,5)6)31-27(35)33-24-15-11-10-14-23(24)32(26(33)30)18-19-12-8-7-9-13-19/h7-17,30,34H,18H2,1-6H3,(H,31,35). The van der Waals surface area contributed by atoms with Crippen LogP contribution < -0.4 is 10.9 Å². The van der Waals surface area contributed by atoms with E-state index in [9.17, 15) is 9.90 Å². The van der Waals surface area contributed by atoms with Crippen LogP contribution >= 0.6 is 0 Å². The van der Waals surface area contributed by atoms with Gasteiger partial charge in [-0.2, -0.15) is 0 Å². The highest BCUT2D eigenvalue weighted by Crippen LogP contribution is 2.41. The molecule has 0 aliphatic heterocycles. The van der Waals surface area contributed by atoms with Gasteiger partial charge in [-0.05, 0) is 40.7 Å². The first-order valence-electron chi connectivity index (χ1n) is 11.9. The second kappa shape index (κ2) is 8.77. The number of aromatic nitrogens is 2. The number of hydrogen-bond donors (Lipinski definition) is 3. The molecule has 4 aromatic rings. The van der Waals surface area contributed by atoms with E-state index in [-0.39, 0.29) is 22.2 Å². The second-order valence-corrected chi connectivity index (χ2v) is 11.1. The van der Waals surface area contributed by atoms with E-state index in [1.165, 1.54) is 4.57 Å². The maximum Gasteiger partial charge on any atom is 0.333 e. The van der Waals surface area contributed by atoms with Gasteiger partial charge in [-0.15, -0.1) is 0 Å². The topological polar surface area (TPSA) is 83.0 Å². The highest BCUT2D eigenvalue weighted by atomic mass is 16.3. The lowest BCUT2D eigenvalue weighted by atomic mass is 9.79. The number of phenols is 1. The molecule has 6 heteroatoms. The van der Waals surface area contributed by atoms with Gasteiger partial charge < -0.3 is 15.0 Å². The summed E-state index contributed by atoms with van der Waals surface area (Å²) in [6, 6.07) is 20.7. The van der Waals surface area contributed by atoms with E-state index in [4.69, 9.17) is 5.41 Å². The number of anilines is 1. The molecule has 0 saturated carbocycles. The summed E-state index contributed by atoms with van der Waals surface area (Å²) >= 11 is 0. The average molecular weight is 471 g/mol. The Balaban J connectivity index is 1.80. The van der Waals surface area contributed by atoms with Crippen molar-refractivity contribution in [2.45, 2.75) is 58.9 Å². The van der Waals surface area contributed by atoms with E-state index in [2.05, 4.69) is 5.32 Å². The first-order valence-corrected chi connectivity index (χ1v) is 11.9. The molecule has 1 aromatic heterocycles. The van der Waals surface area contributed by atoms with Crippen LogP contribution in [0.2, 0.25) is 0 Å². The van der Waals surface area contributed by atoms with Crippen LogP contribution in [0.15, 0.2) is 66.7 Å². The summed E-state index contributed by atoms with van der Waals surface area (Å²) in [7, 11) is 0. The maximum absolute atomic E-state index is 13.6. The number of carbonyl (C=O) groups excluding carboxylic acids is 1. The highest BCUT2D eigenvalue weighted by Gasteiger charge is 2.27. The number of imidazole rings is 1. The van der Waals surface area contributed by atoms with E-state index in [0.717, 1.165) is 22.2 Å². The van der Waals surface area contributed by atoms with Crippen molar-refractivity contribution in [3.8, 4) is 5.75 Å². The number of amides is 1. The summed E-state index contributed by atoms with van der Waals surface area (Å²) in [5.74, 6) is 0.260.